The van der Waals surface area contributed by atoms with Crippen molar-refractivity contribution in [2.75, 3.05) is 17.6 Å². The van der Waals surface area contributed by atoms with Crippen LogP contribution in [0.4, 0.5) is 5.69 Å². The summed E-state index contributed by atoms with van der Waals surface area (Å²) in [5, 5.41) is 14.5. The molecule has 0 aliphatic rings. The number of benzene rings is 2. The molecule has 0 unspecified atom stereocenters. The average Bonchev–Trinajstić information content (AvgIpc) is 3.07. The van der Waals surface area contributed by atoms with E-state index in [4.69, 9.17) is 0 Å². The van der Waals surface area contributed by atoms with Crippen LogP contribution in [0.2, 0.25) is 0 Å². The first kappa shape index (κ1) is 20.6. The third kappa shape index (κ3) is 6.46. The lowest BCUT2D eigenvalue weighted by atomic mass is 10.1. The molecule has 2 aromatic carbocycles. The summed E-state index contributed by atoms with van der Waals surface area (Å²) in [7, 11) is 1.79. The van der Waals surface area contributed by atoms with Crippen LogP contribution in [0.15, 0.2) is 65.8 Å². The minimum absolute atomic E-state index is 0.0581. The topological polar surface area (TPSA) is 88.9 Å². The molecule has 0 radical (unpaired) electrons. The van der Waals surface area contributed by atoms with Crippen molar-refractivity contribution in [2.45, 2.75) is 18.0 Å². The largest absolute Gasteiger partial charge is 0.355 e. The molecule has 3 rings (SSSR count). The molecule has 0 spiro atoms. The van der Waals surface area contributed by atoms with Crippen molar-refractivity contribution in [1.29, 1.82) is 0 Å². The second-order valence-corrected chi connectivity index (χ2v) is 7.37. The number of nitrogens with zero attached hydrogens (tertiary/aromatic N) is 3. The number of carbonyl (C=O) groups is 2. The summed E-state index contributed by atoms with van der Waals surface area (Å²) in [6.45, 7) is 0.590. The fraction of sp³-hybridized carbons (Fsp3) is 0.238. The third-order valence-corrected chi connectivity index (χ3v) is 5.23. The lowest BCUT2D eigenvalue weighted by Gasteiger charge is -2.06. The number of nitrogens with one attached hydrogen (secondary N) is 2. The number of aromatic nitrogens is 3. The van der Waals surface area contributed by atoms with Crippen molar-refractivity contribution < 1.29 is 9.59 Å². The molecule has 1 aromatic heterocycles. The minimum atomic E-state index is -0.165. The van der Waals surface area contributed by atoms with Gasteiger partial charge in [-0.15, -0.1) is 10.2 Å². The first-order chi connectivity index (χ1) is 14.1. The molecule has 0 fully saturated rings. The molecule has 0 saturated heterocycles. The van der Waals surface area contributed by atoms with E-state index in [2.05, 4.69) is 20.8 Å². The molecule has 0 bridgehead atoms. The molecule has 0 saturated carbocycles. The van der Waals surface area contributed by atoms with Crippen molar-refractivity contribution in [2.24, 2.45) is 7.05 Å². The molecule has 29 heavy (non-hydrogen) atoms. The monoisotopic (exact) mass is 409 g/mol. The number of hydrogen-bond acceptors (Lipinski definition) is 5. The second kappa shape index (κ2) is 10.4. The maximum atomic E-state index is 12.2. The summed E-state index contributed by atoms with van der Waals surface area (Å²) in [5.74, 6) is 0.571. The van der Waals surface area contributed by atoms with Crippen molar-refractivity contribution in [3.8, 4) is 0 Å². The number of anilines is 1. The molecular formula is C21H23N5O2S. The highest BCUT2D eigenvalue weighted by Gasteiger charge is 2.14. The van der Waals surface area contributed by atoms with Gasteiger partial charge in [-0.25, -0.2) is 0 Å². The van der Waals surface area contributed by atoms with E-state index >= 15 is 0 Å². The highest BCUT2D eigenvalue weighted by molar-refractivity contribution is 7.99. The Morgan fingerprint density at radius 2 is 1.66 bits per heavy atom. The smallest absolute Gasteiger partial charge is 0.232 e. The lowest BCUT2D eigenvalue weighted by molar-refractivity contribution is -0.118. The maximum Gasteiger partial charge on any atom is 0.232 e. The molecule has 2 amide bonds. The van der Waals surface area contributed by atoms with Gasteiger partial charge in [0, 0.05) is 19.3 Å². The Morgan fingerprint density at radius 3 is 2.38 bits per heavy atom. The van der Waals surface area contributed by atoms with Crippen molar-refractivity contribution in [1.82, 2.24) is 20.1 Å². The van der Waals surface area contributed by atoms with Gasteiger partial charge in [-0.2, -0.15) is 0 Å². The molecule has 7 nitrogen and oxygen atoms in total. The number of carbonyl (C=O) groups excluding carboxylic acids is 2. The van der Waals surface area contributed by atoms with Gasteiger partial charge in [-0.05, 0) is 24.1 Å². The summed E-state index contributed by atoms with van der Waals surface area (Å²) in [5.41, 5.74) is 1.92. The van der Waals surface area contributed by atoms with E-state index in [0.717, 1.165) is 12.1 Å². The highest BCUT2D eigenvalue weighted by Crippen LogP contribution is 2.16. The Labute approximate surface area is 173 Å². The van der Waals surface area contributed by atoms with E-state index in [1.165, 1.54) is 17.3 Å². The van der Waals surface area contributed by atoms with E-state index in [-0.39, 0.29) is 24.0 Å². The summed E-state index contributed by atoms with van der Waals surface area (Å²) < 4.78 is 1.74. The van der Waals surface area contributed by atoms with E-state index in [9.17, 15) is 9.59 Å². The molecule has 1 heterocycles. The maximum absolute atomic E-state index is 12.2. The quantitative estimate of drug-likeness (QED) is 0.530. The van der Waals surface area contributed by atoms with Crippen LogP contribution in [-0.4, -0.2) is 38.9 Å². The molecule has 3 aromatic rings. The summed E-state index contributed by atoms with van der Waals surface area (Å²) in [6, 6.07) is 19.3. The van der Waals surface area contributed by atoms with Gasteiger partial charge in [0.25, 0.3) is 0 Å². The van der Waals surface area contributed by atoms with Gasteiger partial charge in [0.05, 0.1) is 12.2 Å². The normalized spacial score (nSPS) is 10.5. The van der Waals surface area contributed by atoms with Gasteiger partial charge in [0.15, 0.2) is 5.16 Å². The SMILES string of the molecule is Cn1c(CC(=O)Nc2ccccc2)nnc1SCC(=O)NCCc1ccccc1. The number of amides is 2. The van der Waals surface area contributed by atoms with Gasteiger partial charge in [-0.1, -0.05) is 60.3 Å². The van der Waals surface area contributed by atoms with Crippen LogP contribution in [0.3, 0.4) is 0 Å². The van der Waals surface area contributed by atoms with Crippen LogP contribution in [0, 0.1) is 0 Å². The summed E-state index contributed by atoms with van der Waals surface area (Å²) >= 11 is 1.30. The number of hydrogen-bond donors (Lipinski definition) is 2. The molecule has 150 valence electrons. The predicted molar refractivity (Wildman–Crippen MR) is 114 cm³/mol. The van der Waals surface area contributed by atoms with Crippen molar-refractivity contribution in [3.05, 3.63) is 72.1 Å². The van der Waals surface area contributed by atoms with Gasteiger partial charge in [-0.3, -0.25) is 9.59 Å². The van der Waals surface area contributed by atoms with Gasteiger partial charge in [0.1, 0.15) is 5.82 Å². The number of para-hydroxylation sites is 1. The van der Waals surface area contributed by atoms with Crippen molar-refractivity contribution >= 4 is 29.3 Å². The summed E-state index contributed by atoms with van der Waals surface area (Å²) in [4.78, 5) is 24.2. The van der Waals surface area contributed by atoms with Gasteiger partial charge < -0.3 is 15.2 Å². The molecule has 0 aliphatic heterocycles. The number of thioether (sulfide) groups is 1. The fourth-order valence-electron chi connectivity index (χ4n) is 2.67. The molecule has 2 N–H and O–H groups in total. The molecule has 0 aliphatic carbocycles. The molecule has 8 heteroatoms. The van der Waals surface area contributed by atoms with Gasteiger partial charge in [0.2, 0.25) is 11.8 Å². The Balaban J connectivity index is 1.43. The van der Waals surface area contributed by atoms with E-state index in [0.29, 0.717) is 17.5 Å². The van der Waals surface area contributed by atoms with Crippen LogP contribution in [-0.2, 0) is 29.5 Å². The highest BCUT2D eigenvalue weighted by atomic mass is 32.2. The van der Waals surface area contributed by atoms with Crippen LogP contribution in [0.5, 0.6) is 0 Å². The molecule has 0 atom stereocenters. The first-order valence-corrected chi connectivity index (χ1v) is 10.3. The Kier molecular flexibility index (Phi) is 7.40. The minimum Gasteiger partial charge on any atom is -0.355 e. The fourth-order valence-corrected chi connectivity index (χ4v) is 3.43. The zero-order chi connectivity index (χ0) is 20.5. The third-order valence-electron chi connectivity index (χ3n) is 4.21. The summed E-state index contributed by atoms with van der Waals surface area (Å²) in [6.07, 6.45) is 0.907. The van der Waals surface area contributed by atoms with Crippen LogP contribution >= 0.6 is 11.8 Å². The van der Waals surface area contributed by atoms with E-state index in [1.54, 1.807) is 11.6 Å². The lowest BCUT2D eigenvalue weighted by Crippen LogP contribution is -2.27. The zero-order valence-electron chi connectivity index (χ0n) is 16.2. The average molecular weight is 410 g/mol. The first-order valence-electron chi connectivity index (χ1n) is 9.28. The van der Waals surface area contributed by atoms with Crippen LogP contribution in [0.25, 0.3) is 0 Å². The van der Waals surface area contributed by atoms with E-state index in [1.807, 2.05) is 60.7 Å². The standard InChI is InChI=1S/C21H23N5O2S/c1-26-18(14-19(27)23-17-10-6-3-7-11-17)24-25-21(26)29-15-20(28)22-13-12-16-8-4-2-5-9-16/h2-11H,12-15H2,1H3,(H,22,28)(H,23,27). The van der Waals surface area contributed by atoms with Crippen molar-refractivity contribution in [3.63, 3.8) is 0 Å². The second-order valence-electron chi connectivity index (χ2n) is 6.42. The van der Waals surface area contributed by atoms with Crippen LogP contribution in [0.1, 0.15) is 11.4 Å². The Bertz CT molecular complexity index is 944. The predicted octanol–water partition coefficient (Wildman–Crippen LogP) is 2.45. The Hall–Kier alpha value is -3.13. The van der Waals surface area contributed by atoms with Gasteiger partial charge >= 0.3 is 0 Å². The number of rotatable bonds is 9. The molecular weight excluding hydrogens is 386 g/mol. The zero-order valence-corrected chi connectivity index (χ0v) is 17.0. The Morgan fingerprint density at radius 1 is 0.966 bits per heavy atom. The van der Waals surface area contributed by atoms with E-state index < -0.39 is 0 Å². The van der Waals surface area contributed by atoms with Crippen LogP contribution < -0.4 is 10.6 Å².